The highest BCUT2D eigenvalue weighted by Gasteiger charge is 2.15. The number of hydrogen-bond acceptors (Lipinski definition) is 2. The molecule has 2 rings (SSSR count). The fraction of sp³-hybridized carbons (Fsp3) is 0.389. The van der Waals surface area contributed by atoms with Gasteiger partial charge in [0.2, 0.25) is 0 Å². The van der Waals surface area contributed by atoms with E-state index in [2.05, 4.69) is 31.4 Å². The Balaban J connectivity index is 0.00000264. The van der Waals surface area contributed by atoms with Gasteiger partial charge in [-0.05, 0) is 69.0 Å². The van der Waals surface area contributed by atoms with E-state index in [1.807, 2.05) is 13.0 Å². The lowest BCUT2D eigenvalue weighted by molar-refractivity contribution is 0.0697. The summed E-state index contributed by atoms with van der Waals surface area (Å²) < 4.78 is 2.18. The third-order valence-electron chi connectivity index (χ3n) is 4.23. The molecule has 4 nitrogen and oxygen atoms in total. The van der Waals surface area contributed by atoms with Gasteiger partial charge < -0.3 is 15.4 Å². The Morgan fingerprint density at radius 1 is 1.26 bits per heavy atom. The van der Waals surface area contributed by atoms with Gasteiger partial charge in [0.15, 0.2) is 0 Å². The zero-order valence-electron chi connectivity index (χ0n) is 14.1. The predicted molar refractivity (Wildman–Crippen MR) is 96.2 cm³/mol. The minimum absolute atomic E-state index is 0. The van der Waals surface area contributed by atoms with Crippen molar-refractivity contribution in [1.29, 1.82) is 0 Å². The van der Waals surface area contributed by atoms with Crippen molar-refractivity contribution >= 4 is 18.4 Å². The zero-order valence-corrected chi connectivity index (χ0v) is 14.9. The molecule has 3 N–H and O–H groups in total. The third-order valence-corrected chi connectivity index (χ3v) is 4.23. The molecule has 0 spiro atoms. The lowest BCUT2D eigenvalue weighted by Crippen LogP contribution is -2.21. The molecule has 1 aromatic carbocycles. The van der Waals surface area contributed by atoms with E-state index in [0.717, 1.165) is 29.8 Å². The molecule has 0 amide bonds. The summed E-state index contributed by atoms with van der Waals surface area (Å²) in [7, 11) is 0. The van der Waals surface area contributed by atoms with Gasteiger partial charge in [0, 0.05) is 23.1 Å². The molecule has 0 aliphatic heterocycles. The van der Waals surface area contributed by atoms with E-state index in [9.17, 15) is 4.79 Å². The number of aryl methyl sites for hydroxylation is 2. The van der Waals surface area contributed by atoms with Crippen molar-refractivity contribution < 1.29 is 9.90 Å². The lowest BCUT2D eigenvalue weighted by atomic mass is 10.1. The second kappa shape index (κ2) is 7.66. The van der Waals surface area contributed by atoms with Crippen molar-refractivity contribution in [2.24, 2.45) is 5.73 Å². The molecule has 0 saturated carbocycles. The van der Waals surface area contributed by atoms with Crippen LogP contribution in [0.15, 0.2) is 24.3 Å². The Morgan fingerprint density at radius 2 is 1.91 bits per heavy atom. The van der Waals surface area contributed by atoms with Gasteiger partial charge in [-0.25, -0.2) is 4.79 Å². The Hall–Kier alpha value is -1.78. The molecular formula is C18H25ClN2O2. The van der Waals surface area contributed by atoms with Crippen molar-refractivity contribution in [2.45, 2.75) is 46.6 Å². The number of rotatable bonds is 5. The van der Waals surface area contributed by atoms with Gasteiger partial charge in [0.25, 0.3) is 0 Å². The summed E-state index contributed by atoms with van der Waals surface area (Å²) in [5.41, 5.74) is 11.9. The highest BCUT2D eigenvalue weighted by atomic mass is 35.5. The van der Waals surface area contributed by atoms with Crippen molar-refractivity contribution in [3.63, 3.8) is 0 Å². The van der Waals surface area contributed by atoms with E-state index in [-0.39, 0.29) is 18.4 Å². The van der Waals surface area contributed by atoms with Crippen LogP contribution in [0, 0.1) is 20.8 Å². The molecule has 0 fully saturated rings. The van der Waals surface area contributed by atoms with Crippen LogP contribution in [-0.4, -0.2) is 21.7 Å². The Kier molecular flexibility index (Phi) is 6.42. The maximum absolute atomic E-state index is 11.1. The normalized spacial score (nSPS) is 11.9. The maximum atomic E-state index is 11.1. The van der Waals surface area contributed by atoms with Crippen LogP contribution >= 0.6 is 12.4 Å². The molecule has 2 aromatic rings. The van der Waals surface area contributed by atoms with Crippen molar-refractivity contribution in [2.75, 3.05) is 0 Å². The number of hydrogen-bond donors (Lipinski definition) is 2. The van der Waals surface area contributed by atoms with Crippen LogP contribution in [0.4, 0.5) is 0 Å². The minimum Gasteiger partial charge on any atom is -0.478 e. The topological polar surface area (TPSA) is 68.2 Å². The molecule has 0 aliphatic rings. The van der Waals surface area contributed by atoms with Gasteiger partial charge in [-0.1, -0.05) is 6.92 Å². The van der Waals surface area contributed by atoms with Crippen LogP contribution in [0.3, 0.4) is 0 Å². The minimum atomic E-state index is -0.898. The van der Waals surface area contributed by atoms with Crippen LogP contribution in [0.2, 0.25) is 0 Å². The fourth-order valence-electron chi connectivity index (χ4n) is 2.87. The van der Waals surface area contributed by atoms with Crippen molar-refractivity contribution in [3.8, 4) is 5.69 Å². The number of nitrogens with two attached hydrogens (primary N) is 1. The molecule has 1 heterocycles. The van der Waals surface area contributed by atoms with Crippen molar-refractivity contribution in [3.05, 3.63) is 52.3 Å². The first kappa shape index (κ1) is 19.3. The smallest absolute Gasteiger partial charge is 0.335 e. The highest BCUT2D eigenvalue weighted by Crippen LogP contribution is 2.25. The first-order valence-corrected chi connectivity index (χ1v) is 7.62. The van der Waals surface area contributed by atoms with Gasteiger partial charge >= 0.3 is 5.97 Å². The molecule has 0 radical (unpaired) electrons. The van der Waals surface area contributed by atoms with Crippen LogP contribution < -0.4 is 5.73 Å². The van der Waals surface area contributed by atoms with E-state index >= 15 is 0 Å². The third kappa shape index (κ3) is 3.95. The molecule has 1 aromatic heterocycles. The van der Waals surface area contributed by atoms with Gasteiger partial charge in [-0.3, -0.25) is 0 Å². The average Bonchev–Trinajstić information content (AvgIpc) is 2.73. The first-order valence-electron chi connectivity index (χ1n) is 7.62. The summed E-state index contributed by atoms with van der Waals surface area (Å²) in [6.07, 6.45) is 1.82. The molecule has 0 aliphatic carbocycles. The molecular weight excluding hydrogens is 312 g/mol. The summed E-state index contributed by atoms with van der Waals surface area (Å²) in [6, 6.07) is 7.59. The molecule has 0 saturated heterocycles. The Bertz CT molecular complexity index is 707. The molecule has 0 bridgehead atoms. The summed E-state index contributed by atoms with van der Waals surface area (Å²) in [4.78, 5) is 11.1. The Morgan fingerprint density at radius 3 is 2.43 bits per heavy atom. The SMILES string of the molecule is CCC(N)Cc1cc(C)n(-c2ccc(C(=O)O)cc2C)c1C.Cl. The first-order chi connectivity index (χ1) is 10.3. The summed E-state index contributed by atoms with van der Waals surface area (Å²) in [6.45, 7) is 8.20. The van der Waals surface area contributed by atoms with Crippen LogP contribution in [0.1, 0.15) is 46.2 Å². The highest BCUT2D eigenvalue weighted by molar-refractivity contribution is 5.88. The average molecular weight is 337 g/mol. The van der Waals surface area contributed by atoms with Crippen LogP contribution in [0.5, 0.6) is 0 Å². The van der Waals surface area contributed by atoms with E-state index in [1.165, 1.54) is 11.3 Å². The van der Waals surface area contributed by atoms with Crippen LogP contribution in [0.25, 0.3) is 5.69 Å². The van der Waals surface area contributed by atoms with Crippen molar-refractivity contribution in [1.82, 2.24) is 4.57 Å². The van der Waals surface area contributed by atoms with E-state index in [1.54, 1.807) is 12.1 Å². The van der Waals surface area contributed by atoms with Gasteiger partial charge in [0.05, 0.1) is 5.56 Å². The molecule has 23 heavy (non-hydrogen) atoms. The number of carboxylic acid groups (broad SMARTS) is 1. The van der Waals surface area contributed by atoms with Gasteiger partial charge in [-0.15, -0.1) is 12.4 Å². The van der Waals surface area contributed by atoms with E-state index in [0.29, 0.717) is 5.56 Å². The summed E-state index contributed by atoms with van der Waals surface area (Å²) in [5.74, 6) is -0.898. The molecule has 1 atom stereocenters. The van der Waals surface area contributed by atoms with Gasteiger partial charge in [-0.2, -0.15) is 0 Å². The molecule has 5 heteroatoms. The Labute approximate surface area is 143 Å². The predicted octanol–water partition coefficient (Wildman–Crippen LogP) is 3.80. The number of nitrogens with zero attached hydrogens (tertiary/aromatic N) is 1. The van der Waals surface area contributed by atoms with E-state index < -0.39 is 5.97 Å². The summed E-state index contributed by atoms with van der Waals surface area (Å²) >= 11 is 0. The maximum Gasteiger partial charge on any atom is 0.335 e. The number of carbonyl (C=O) groups is 1. The second-order valence-electron chi connectivity index (χ2n) is 5.91. The number of halogens is 1. The number of aromatic nitrogens is 1. The quantitative estimate of drug-likeness (QED) is 0.872. The lowest BCUT2D eigenvalue weighted by Gasteiger charge is -2.14. The second-order valence-corrected chi connectivity index (χ2v) is 5.91. The van der Waals surface area contributed by atoms with E-state index in [4.69, 9.17) is 10.8 Å². The summed E-state index contributed by atoms with van der Waals surface area (Å²) in [5, 5.41) is 9.09. The monoisotopic (exact) mass is 336 g/mol. The number of carboxylic acids is 1. The number of benzene rings is 1. The van der Waals surface area contributed by atoms with Gasteiger partial charge in [0.1, 0.15) is 0 Å². The zero-order chi connectivity index (χ0) is 16.4. The molecule has 1 unspecified atom stereocenters. The number of aromatic carboxylic acids is 1. The standard InChI is InChI=1S/C18H24N2O2.ClH/c1-5-16(19)10-15-9-12(3)20(13(15)4)17-7-6-14(18(21)22)8-11(17)2;/h6-9,16H,5,10,19H2,1-4H3,(H,21,22);1H. The van der Waals surface area contributed by atoms with Crippen LogP contribution in [-0.2, 0) is 6.42 Å². The molecule has 126 valence electrons. The largest absolute Gasteiger partial charge is 0.478 e. The fourth-order valence-corrected chi connectivity index (χ4v) is 2.87.